The quantitative estimate of drug-likeness (QED) is 0.462. The van der Waals surface area contributed by atoms with Gasteiger partial charge in [0.25, 0.3) is 0 Å². The van der Waals surface area contributed by atoms with E-state index in [0.29, 0.717) is 12.5 Å². The molecule has 1 saturated heterocycles. The molecule has 0 spiro atoms. The molecular weight excluding hydrogens is 298 g/mol. The molecule has 0 radical (unpaired) electrons. The third kappa shape index (κ3) is 3.43. The van der Waals surface area contributed by atoms with E-state index in [4.69, 9.17) is 22.1 Å². The maximum Gasteiger partial charge on any atom is 0.129 e. The predicted molar refractivity (Wildman–Crippen MR) is 90.3 cm³/mol. The molecule has 0 atom stereocenters. The van der Waals surface area contributed by atoms with Gasteiger partial charge in [0.05, 0.1) is 5.52 Å². The molecule has 22 heavy (non-hydrogen) atoms. The van der Waals surface area contributed by atoms with Crippen LogP contribution in [0.3, 0.4) is 0 Å². The topological polar surface area (TPSA) is 64.9 Å². The Balaban J connectivity index is 1.66. The van der Waals surface area contributed by atoms with Crippen molar-refractivity contribution in [3.8, 4) is 0 Å². The fourth-order valence-electron chi connectivity index (χ4n) is 3.00. The van der Waals surface area contributed by atoms with E-state index in [1.807, 2.05) is 18.2 Å². The van der Waals surface area contributed by atoms with E-state index in [0.717, 1.165) is 54.1 Å². The number of benzene rings is 1. The second kappa shape index (κ2) is 6.86. The lowest BCUT2D eigenvalue weighted by Gasteiger charge is -2.32. The maximum absolute atomic E-state index is 8.32. The molecule has 0 bridgehead atoms. The minimum atomic E-state index is 0.607. The zero-order valence-corrected chi connectivity index (χ0v) is 13.1. The molecule has 6 heteroatoms. The van der Waals surface area contributed by atoms with Crippen LogP contribution in [0.25, 0.3) is 21.3 Å². The molecule has 1 aromatic carbocycles. The first-order chi connectivity index (χ1) is 10.8. The summed E-state index contributed by atoms with van der Waals surface area (Å²) in [6.07, 6.45) is 3.24. The minimum absolute atomic E-state index is 0.607. The summed E-state index contributed by atoms with van der Waals surface area (Å²) >= 11 is 6.01. The normalized spacial score (nSPS) is 15.8. The van der Waals surface area contributed by atoms with E-state index in [1.165, 1.54) is 0 Å². The van der Waals surface area contributed by atoms with Gasteiger partial charge in [-0.2, -0.15) is 0 Å². The Hall–Kier alpha value is -1.97. The molecule has 0 saturated carbocycles. The predicted octanol–water partition coefficient (Wildman–Crippen LogP) is 4.81. The molecule has 3 rings (SSSR count). The van der Waals surface area contributed by atoms with E-state index >= 15 is 0 Å². The standard InChI is InChI=1S/C16H18ClN5/c17-14-2-3-15-13(11-14)1-4-16(20-15)22-9-6-12(7-10-22)5-8-19-21-18/h1-4,11-12H,5-10H2. The average Bonchev–Trinajstić information content (AvgIpc) is 2.55. The van der Waals surface area contributed by atoms with Crippen molar-refractivity contribution in [2.75, 3.05) is 24.5 Å². The second-order valence-corrected chi connectivity index (χ2v) is 6.12. The van der Waals surface area contributed by atoms with Gasteiger partial charge in [0, 0.05) is 35.0 Å². The van der Waals surface area contributed by atoms with E-state index in [1.54, 1.807) is 0 Å². The van der Waals surface area contributed by atoms with E-state index in [9.17, 15) is 0 Å². The summed E-state index contributed by atoms with van der Waals surface area (Å²) in [7, 11) is 0. The van der Waals surface area contributed by atoms with Gasteiger partial charge in [-0.1, -0.05) is 16.7 Å². The summed E-state index contributed by atoms with van der Waals surface area (Å²) in [5.74, 6) is 1.68. The van der Waals surface area contributed by atoms with Crippen molar-refractivity contribution in [1.82, 2.24) is 4.98 Å². The number of nitrogens with zero attached hydrogens (tertiary/aromatic N) is 5. The first-order valence-corrected chi connectivity index (χ1v) is 7.96. The number of hydrogen-bond donors (Lipinski definition) is 0. The monoisotopic (exact) mass is 315 g/mol. The van der Waals surface area contributed by atoms with Gasteiger partial charge in [0.15, 0.2) is 0 Å². The molecule has 1 aliphatic rings. The highest BCUT2D eigenvalue weighted by atomic mass is 35.5. The van der Waals surface area contributed by atoms with E-state index in [2.05, 4.69) is 27.1 Å². The van der Waals surface area contributed by atoms with E-state index < -0.39 is 0 Å². The van der Waals surface area contributed by atoms with Crippen LogP contribution in [0.4, 0.5) is 5.82 Å². The fraction of sp³-hybridized carbons (Fsp3) is 0.438. The van der Waals surface area contributed by atoms with Gasteiger partial charge in [-0.25, -0.2) is 4.98 Å². The molecule has 0 unspecified atom stereocenters. The van der Waals surface area contributed by atoms with Crippen molar-refractivity contribution < 1.29 is 0 Å². The molecule has 1 aliphatic heterocycles. The van der Waals surface area contributed by atoms with Crippen molar-refractivity contribution in [2.45, 2.75) is 19.3 Å². The summed E-state index contributed by atoms with van der Waals surface area (Å²) < 4.78 is 0. The molecule has 0 amide bonds. The number of aromatic nitrogens is 1. The minimum Gasteiger partial charge on any atom is -0.357 e. The number of azide groups is 1. The Kier molecular flexibility index (Phi) is 4.66. The van der Waals surface area contributed by atoms with Gasteiger partial charge in [-0.3, -0.25) is 0 Å². The summed E-state index contributed by atoms with van der Waals surface area (Å²) in [6, 6.07) is 9.93. The van der Waals surface area contributed by atoms with Gasteiger partial charge in [-0.05, 0) is 61.0 Å². The number of hydrogen-bond acceptors (Lipinski definition) is 3. The molecule has 1 aromatic heterocycles. The van der Waals surface area contributed by atoms with Crippen LogP contribution in [-0.4, -0.2) is 24.6 Å². The first kappa shape index (κ1) is 14.9. The highest BCUT2D eigenvalue weighted by Gasteiger charge is 2.19. The van der Waals surface area contributed by atoms with Gasteiger partial charge >= 0.3 is 0 Å². The van der Waals surface area contributed by atoms with Crippen molar-refractivity contribution >= 4 is 28.3 Å². The second-order valence-electron chi connectivity index (χ2n) is 5.68. The van der Waals surface area contributed by atoms with Crippen LogP contribution in [0, 0.1) is 5.92 Å². The summed E-state index contributed by atoms with van der Waals surface area (Å²) in [4.78, 5) is 9.89. The van der Waals surface area contributed by atoms with Crippen LogP contribution in [0.5, 0.6) is 0 Å². The van der Waals surface area contributed by atoms with Crippen molar-refractivity contribution in [3.63, 3.8) is 0 Å². The van der Waals surface area contributed by atoms with Gasteiger partial charge in [0.2, 0.25) is 0 Å². The van der Waals surface area contributed by atoms with Crippen LogP contribution in [0.2, 0.25) is 5.02 Å². The molecule has 2 aromatic rings. The lowest BCUT2D eigenvalue weighted by atomic mass is 9.93. The van der Waals surface area contributed by atoms with Crippen molar-refractivity contribution in [3.05, 3.63) is 45.8 Å². The Morgan fingerprint density at radius 1 is 1.27 bits per heavy atom. The summed E-state index contributed by atoms with van der Waals surface area (Å²) in [5, 5.41) is 5.44. The zero-order chi connectivity index (χ0) is 15.4. The van der Waals surface area contributed by atoms with Crippen LogP contribution < -0.4 is 4.90 Å². The molecule has 5 nitrogen and oxygen atoms in total. The Morgan fingerprint density at radius 2 is 2.09 bits per heavy atom. The first-order valence-electron chi connectivity index (χ1n) is 7.58. The highest BCUT2D eigenvalue weighted by Crippen LogP contribution is 2.26. The lowest BCUT2D eigenvalue weighted by Crippen LogP contribution is -2.34. The Labute approximate surface area is 134 Å². The zero-order valence-electron chi connectivity index (χ0n) is 12.3. The Bertz CT molecular complexity index is 703. The molecule has 0 N–H and O–H groups in total. The number of piperidine rings is 1. The van der Waals surface area contributed by atoms with Gasteiger partial charge < -0.3 is 4.90 Å². The molecule has 2 heterocycles. The summed E-state index contributed by atoms with van der Waals surface area (Å²) in [6.45, 7) is 2.62. The van der Waals surface area contributed by atoms with Gasteiger partial charge in [-0.15, -0.1) is 0 Å². The van der Waals surface area contributed by atoms with Gasteiger partial charge in [0.1, 0.15) is 5.82 Å². The van der Waals surface area contributed by atoms with Crippen LogP contribution >= 0.6 is 11.6 Å². The molecular formula is C16H18ClN5. The van der Waals surface area contributed by atoms with E-state index in [-0.39, 0.29) is 0 Å². The SMILES string of the molecule is [N-]=[N+]=NCCC1CCN(c2ccc3cc(Cl)ccc3n2)CC1. The van der Waals surface area contributed by atoms with Crippen LogP contribution in [-0.2, 0) is 0 Å². The van der Waals surface area contributed by atoms with Crippen LogP contribution in [0.15, 0.2) is 35.4 Å². The highest BCUT2D eigenvalue weighted by molar-refractivity contribution is 6.31. The summed E-state index contributed by atoms with van der Waals surface area (Å²) in [5.41, 5.74) is 9.30. The molecule has 0 aliphatic carbocycles. The third-order valence-corrected chi connectivity index (χ3v) is 4.51. The smallest absolute Gasteiger partial charge is 0.129 e. The van der Waals surface area contributed by atoms with Crippen molar-refractivity contribution in [1.29, 1.82) is 0 Å². The fourth-order valence-corrected chi connectivity index (χ4v) is 3.18. The number of anilines is 1. The molecule has 1 fully saturated rings. The molecule has 114 valence electrons. The lowest BCUT2D eigenvalue weighted by molar-refractivity contribution is 0.385. The van der Waals surface area contributed by atoms with Crippen LogP contribution in [0.1, 0.15) is 19.3 Å². The Morgan fingerprint density at radius 3 is 2.86 bits per heavy atom. The third-order valence-electron chi connectivity index (χ3n) is 4.28. The largest absolute Gasteiger partial charge is 0.357 e. The number of halogens is 1. The number of rotatable bonds is 4. The van der Waals surface area contributed by atoms with Crippen molar-refractivity contribution in [2.24, 2.45) is 11.0 Å². The average molecular weight is 316 g/mol. The number of fused-ring (bicyclic) bond motifs is 1. The number of pyridine rings is 1. The maximum atomic E-state index is 8.32.